The average molecular weight is 774 g/mol. The Morgan fingerprint density at radius 1 is 0.754 bits per heavy atom. The Morgan fingerprint density at radius 3 is 1.72 bits per heavy atom. The predicted octanol–water partition coefficient (Wildman–Crippen LogP) is 6.12. The van der Waals surface area contributed by atoms with Gasteiger partial charge in [-0.3, -0.25) is 14.6 Å². The number of nitrogens with one attached hydrogen (secondary N) is 4. The van der Waals surface area contributed by atoms with Gasteiger partial charge >= 0.3 is 12.2 Å². The topological polar surface area (TPSA) is 199 Å². The molecule has 296 valence electrons. The summed E-state index contributed by atoms with van der Waals surface area (Å²) in [4.78, 5) is 74.5. The van der Waals surface area contributed by atoms with Gasteiger partial charge in [-0.25, -0.2) is 19.6 Å². The number of methoxy groups -OCH3 is 1. The summed E-state index contributed by atoms with van der Waals surface area (Å²) in [5.41, 5.74) is 6.46. The number of alkyl carbamates (subject to hydrolysis) is 1. The van der Waals surface area contributed by atoms with E-state index in [1.807, 2.05) is 38.1 Å². The van der Waals surface area contributed by atoms with Crippen molar-refractivity contribution in [2.75, 3.05) is 20.2 Å². The predicted molar refractivity (Wildman–Crippen MR) is 211 cm³/mol. The number of rotatable bonds is 12. The van der Waals surface area contributed by atoms with Crippen LogP contribution >= 0.6 is 0 Å². The number of pyridine rings is 1. The summed E-state index contributed by atoms with van der Waals surface area (Å²) < 4.78 is 4.75. The van der Waals surface area contributed by atoms with Crippen LogP contribution in [0.15, 0.2) is 85.5 Å². The standard InChI is InChI=1S/C42H47N9O6/c1-25(2)36(49-42(56)57-3)40(53)51-21-5-7-35(51)38-45-24-33(47-38)30-14-10-28(11-15-30)27-8-12-29(13-9-27)32-23-44-37(46-32)34-6-4-20-50(34)39(52)31(48-41(54)55)22-26-16-18-43-19-17-26/h8-19,23-25,31,34-36,48H,4-7,20-22H2,1-3H3,(H,44,46)(H,45,47)(H,49,56)(H,54,55)/t31-,34-,35?,36-/m0/s1. The zero-order valence-electron chi connectivity index (χ0n) is 32.1. The fourth-order valence-electron chi connectivity index (χ4n) is 7.80. The molecule has 2 aromatic carbocycles. The van der Waals surface area contributed by atoms with Gasteiger partial charge in [0.2, 0.25) is 11.8 Å². The molecule has 0 spiro atoms. The van der Waals surface area contributed by atoms with Gasteiger partial charge < -0.3 is 40.2 Å². The van der Waals surface area contributed by atoms with Crippen LogP contribution in [0, 0.1) is 5.92 Å². The van der Waals surface area contributed by atoms with Crippen LogP contribution in [0.1, 0.15) is 68.8 Å². The van der Waals surface area contributed by atoms with E-state index in [1.165, 1.54) is 7.11 Å². The molecule has 0 bridgehead atoms. The second kappa shape index (κ2) is 17.1. The van der Waals surface area contributed by atoms with Gasteiger partial charge in [0.15, 0.2) is 0 Å². The molecule has 15 heteroatoms. The summed E-state index contributed by atoms with van der Waals surface area (Å²) in [6, 6.07) is 17.8. The number of H-pyrrole nitrogens is 2. The van der Waals surface area contributed by atoms with E-state index in [4.69, 9.17) is 4.74 Å². The molecule has 2 aliphatic rings. The van der Waals surface area contributed by atoms with Crippen molar-refractivity contribution in [1.29, 1.82) is 0 Å². The Labute approximate surface area is 330 Å². The molecule has 1 unspecified atom stereocenters. The quantitative estimate of drug-likeness (QED) is 0.0992. The van der Waals surface area contributed by atoms with Crippen LogP contribution in [0.4, 0.5) is 9.59 Å². The minimum absolute atomic E-state index is 0.112. The van der Waals surface area contributed by atoms with Crippen molar-refractivity contribution in [2.45, 2.75) is 70.1 Å². The normalized spacial score (nSPS) is 17.7. The van der Waals surface area contributed by atoms with Crippen LogP contribution in [0.2, 0.25) is 0 Å². The molecule has 2 aliphatic heterocycles. The van der Waals surface area contributed by atoms with Gasteiger partial charge in [0, 0.05) is 31.9 Å². The van der Waals surface area contributed by atoms with Crippen LogP contribution < -0.4 is 10.6 Å². The fraction of sp³-hybridized carbons (Fsp3) is 0.357. The molecule has 57 heavy (non-hydrogen) atoms. The molecule has 15 nitrogen and oxygen atoms in total. The van der Waals surface area contributed by atoms with Crippen molar-refractivity contribution in [3.05, 3.63) is 103 Å². The van der Waals surface area contributed by atoms with Crippen LogP contribution in [0.3, 0.4) is 0 Å². The number of aromatic nitrogens is 5. The van der Waals surface area contributed by atoms with Crippen molar-refractivity contribution in [3.8, 4) is 33.6 Å². The van der Waals surface area contributed by atoms with E-state index in [1.54, 1.807) is 46.7 Å². The number of carbonyl (C=O) groups is 4. The molecular weight excluding hydrogens is 727 g/mol. The number of hydrogen-bond donors (Lipinski definition) is 5. The lowest BCUT2D eigenvalue weighted by Gasteiger charge is -2.30. The number of benzene rings is 2. The van der Waals surface area contributed by atoms with E-state index in [9.17, 15) is 24.3 Å². The second-order valence-corrected chi connectivity index (χ2v) is 14.8. The van der Waals surface area contributed by atoms with Crippen molar-refractivity contribution in [1.82, 2.24) is 45.4 Å². The molecule has 4 amide bonds. The van der Waals surface area contributed by atoms with Gasteiger partial charge in [0.25, 0.3) is 0 Å². The van der Waals surface area contributed by atoms with Gasteiger partial charge in [-0.05, 0) is 71.6 Å². The molecular formula is C42H47N9O6. The lowest BCUT2D eigenvalue weighted by atomic mass is 10.0. The molecule has 3 aromatic heterocycles. The first-order valence-corrected chi connectivity index (χ1v) is 19.2. The number of hydrogen-bond acceptors (Lipinski definition) is 8. The molecule has 4 atom stereocenters. The minimum Gasteiger partial charge on any atom is -0.465 e. The largest absolute Gasteiger partial charge is 0.465 e. The lowest BCUT2D eigenvalue weighted by molar-refractivity contribution is -0.135. The molecule has 7 rings (SSSR count). The van der Waals surface area contributed by atoms with Crippen LogP contribution in [0.5, 0.6) is 0 Å². The second-order valence-electron chi connectivity index (χ2n) is 14.8. The number of carbonyl (C=O) groups excluding carboxylic acids is 3. The van der Waals surface area contributed by atoms with Crippen molar-refractivity contribution in [3.63, 3.8) is 0 Å². The van der Waals surface area contributed by atoms with E-state index in [-0.39, 0.29) is 36.2 Å². The highest BCUT2D eigenvalue weighted by atomic mass is 16.5. The third-order valence-corrected chi connectivity index (χ3v) is 10.8. The third kappa shape index (κ3) is 8.67. The molecule has 0 aliphatic carbocycles. The number of likely N-dealkylation sites (tertiary alicyclic amines) is 2. The highest BCUT2D eigenvalue weighted by molar-refractivity contribution is 5.87. The van der Waals surface area contributed by atoms with E-state index in [0.29, 0.717) is 24.7 Å². The van der Waals surface area contributed by atoms with E-state index < -0.39 is 24.3 Å². The Balaban J connectivity index is 0.998. The first kappa shape index (κ1) is 38.8. The highest BCUT2D eigenvalue weighted by Gasteiger charge is 2.38. The summed E-state index contributed by atoms with van der Waals surface area (Å²) in [7, 11) is 1.28. The fourth-order valence-corrected chi connectivity index (χ4v) is 7.80. The van der Waals surface area contributed by atoms with Crippen LogP contribution in [-0.2, 0) is 20.7 Å². The first-order chi connectivity index (χ1) is 27.6. The average Bonchev–Trinajstić information content (AvgIpc) is 4.06. The van der Waals surface area contributed by atoms with Gasteiger partial charge in [-0.2, -0.15) is 0 Å². The maximum Gasteiger partial charge on any atom is 0.407 e. The Kier molecular flexibility index (Phi) is 11.6. The third-order valence-electron chi connectivity index (χ3n) is 10.8. The summed E-state index contributed by atoms with van der Waals surface area (Å²) >= 11 is 0. The van der Waals surface area contributed by atoms with Crippen LogP contribution in [0.25, 0.3) is 33.6 Å². The molecule has 5 heterocycles. The van der Waals surface area contributed by atoms with Gasteiger partial charge in [0.1, 0.15) is 23.7 Å². The number of aromatic amines is 2. The monoisotopic (exact) mass is 773 g/mol. The molecule has 5 N–H and O–H groups in total. The first-order valence-electron chi connectivity index (χ1n) is 19.2. The smallest absolute Gasteiger partial charge is 0.407 e. The van der Waals surface area contributed by atoms with E-state index in [0.717, 1.165) is 64.9 Å². The summed E-state index contributed by atoms with van der Waals surface area (Å²) in [5.74, 6) is 0.838. The number of ether oxygens (including phenoxy) is 1. The Hall–Kier alpha value is -6.51. The SMILES string of the molecule is COC(=O)N[C@H](C(=O)N1CCCC1c1ncc(-c2ccc(-c3ccc(-c4cnc([C@@H]5CCCN5C(=O)[C@H](Cc5ccncc5)NC(=O)O)[nH]4)cc3)cc2)[nH]1)C(C)C. The number of nitrogens with zero attached hydrogens (tertiary/aromatic N) is 5. The Bertz CT molecular complexity index is 2180. The molecule has 0 radical (unpaired) electrons. The summed E-state index contributed by atoms with van der Waals surface area (Å²) in [6.45, 7) is 4.89. The van der Waals surface area contributed by atoms with Crippen LogP contribution in [-0.4, -0.2) is 96.1 Å². The molecule has 0 saturated carbocycles. The number of amides is 4. The highest BCUT2D eigenvalue weighted by Crippen LogP contribution is 2.35. The number of carboxylic acid groups (broad SMARTS) is 1. The molecule has 2 saturated heterocycles. The molecule has 5 aromatic rings. The van der Waals surface area contributed by atoms with Crippen molar-refractivity contribution < 1.29 is 29.0 Å². The van der Waals surface area contributed by atoms with Gasteiger partial charge in [0.05, 0.1) is 43.0 Å². The number of imidazole rings is 2. The lowest BCUT2D eigenvalue weighted by Crippen LogP contribution is -2.51. The maximum atomic E-state index is 13.7. The van der Waals surface area contributed by atoms with Crippen molar-refractivity contribution in [2.24, 2.45) is 5.92 Å². The van der Waals surface area contributed by atoms with E-state index in [2.05, 4.69) is 59.8 Å². The summed E-state index contributed by atoms with van der Waals surface area (Å²) in [6.07, 6.45) is 8.26. The maximum absolute atomic E-state index is 13.7. The zero-order valence-corrected chi connectivity index (χ0v) is 32.1. The van der Waals surface area contributed by atoms with Gasteiger partial charge in [-0.15, -0.1) is 0 Å². The zero-order chi connectivity index (χ0) is 40.1. The van der Waals surface area contributed by atoms with Crippen molar-refractivity contribution >= 4 is 24.0 Å². The van der Waals surface area contributed by atoms with Gasteiger partial charge in [-0.1, -0.05) is 62.4 Å². The van der Waals surface area contributed by atoms with E-state index >= 15 is 0 Å². The molecule has 2 fully saturated rings. The Morgan fingerprint density at radius 2 is 1.25 bits per heavy atom. The summed E-state index contributed by atoms with van der Waals surface area (Å²) in [5, 5.41) is 14.6. The minimum atomic E-state index is -1.25.